The van der Waals surface area contributed by atoms with E-state index in [-0.39, 0.29) is 18.4 Å². The van der Waals surface area contributed by atoms with Gasteiger partial charge in [-0.1, -0.05) is 24.3 Å². The van der Waals surface area contributed by atoms with Crippen molar-refractivity contribution in [2.24, 2.45) is 5.73 Å². The van der Waals surface area contributed by atoms with E-state index >= 15 is 0 Å². The van der Waals surface area contributed by atoms with Crippen LogP contribution in [0.3, 0.4) is 0 Å². The Hall–Kier alpha value is -3.55. The van der Waals surface area contributed by atoms with Crippen LogP contribution in [0.5, 0.6) is 11.5 Å². The summed E-state index contributed by atoms with van der Waals surface area (Å²) >= 11 is 0. The van der Waals surface area contributed by atoms with Crippen molar-refractivity contribution in [1.82, 2.24) is 10.2 Å². The van der Waals surface area contributed by atoms with Crippen LogP contribution in [-0.4, -0.2) is 49.0 Å². The topological polar surface area (TPSA) is 111 Å². The van der Waals surface area contributed by atoms with E-state index in [4.69, 9.17) is 15.2 Å². The molecule has 1 atom stereocenters. The van der Waals surface area contributed by atoms with E-state index in [0.29, 0.717) is 24.3 Å². The van der Waals surface area contributed by atoms with Crippen molar-refractivity contribution in [3.05, 3.63) is 59.7 Å². The lowest BCUT2D eigenvalue weighted by molar-refractivity contribution is -0.130. The highest BCUT2D eigenvalue weighted by Gasteiger charge is 2.24. The lowest BCUT2D eigenvalue weighted by Gasteiger charge is -2.23. The summed E-state index contributed by atoms with van der Waals surface area (Å²) in [5.74, 6) is 0.234. The summed E-state index contributed by atoms with van der Waals surface area (Å²) < 4.78 is 11.1. The van der Waals surface area contributed by atoms with Crippen molar-refractivity contribution < 1.29 is 23.9 Å². The average molecular weight is 456 g/mol. The second-order valence-electron chi connectivity index (χ2n) is 8.95. The second kappa shape index (κ2) is 11.4. The fourth-order valence-corrected chi connectivity index (χ4v) is 3.05. The van der Waals surface area contributed by atoms with Crippen LogP contribution in [0.1, 0.15) is 44.2 Å². The van der Waals surface area contributed by atoms with Crippen LogP contribution in [0.4, 0.5) is 4.79 Å². The fraction of sp³-hybridized carbons (Fsp3) is 0.400. The third-order valence-corrected chi connectivity index (χ3v) is 4.69. The molecule has 0 aliphatic carbocycles. The monoisotopic (exact) mass is 455 g/mol. The summed E-state index contributed by atoms with van der Waals surface area (Å²) in [6, 6.07) is 14.6. The Labute approximate surface area is 195 Å². The molecule has 3 amide bonds. The number of aryl methyl sites for hydroxylation is 1. The Kier molecular flexibility index (Phi) is 8.85. The summed E-state index contributed by atoms with van der Waals surface area (Å²) in [6.45, 7) is 5.45. The van der Waals surface area contributed by atoms with Crippen LogP contribution in [0.2, 0.25) is 0 Å². The molecule has 2 aromatic carbocycles. The first-order valence-electron chi connectivity index (χ1n) is 10.8. The molecule has 0 saturated carbocycles. The van der Waals surface area contributed by atoms with Crippen molar-refractivity contribution >= 4 is 17.9 Å². The minimum atomic E-state index is -0.621. The number of hydrogen-bond donors (Lipinski definition) is 2. The third-order valence-electron chi connectivity index (χ3n) is 4.69. The van der Waals surface area contributed by atoms with Gasteiger partial charge in [-0.15, -0.1) is 0 Å². The molecule has 33 heavy (non-hydrogen) atoms. The van der Waals surface area contributed by atoms with E-state index in [0.717, 1.165) is 11.1 Å². The van der Waals surface area contributed by atoms with Crippen molar-refractivity contribution in [3.63, 3.8) is 0 Å². The predicted octanol–water partition coefficient (Wildman–Crippen LogP) is 3.59. The lowest BCUT2D eigenvalue weighted by atomic mass is 9.97. The van der Waals surface area contributed by atoms with Crippen molar-refractivity contribution in [2.45, 2.75) is 45.1 Å². The maximum Gasteiger partial charge on any atom is 0.407 e. The third kappa shape index (κ3) is 8.84. The largest absolute Gasteiger partial charge is 0.457 e. The van der Waals surface area contributed by atoms with Crippen LogP contribution >= 0.6 is 0 Å². The Morgan fingerprint density at radius 3 is 2.00 bits per heavy atom. The molecule has 0 aliphatic heterocycles. The molecule has 2 rings (SSSR count). The Balaban J connectivity index is 2.06. The van der Waals surface area contributed by atoms with E-state index in [2.05, 4.69) is 5.32 Å². The number of ether oxygens (including phenoxy) is 2. The van der Waals surface area contributed by atoms with Crippen molar-refractivity contribution in [3.8, 4) is 11.5 Å². The summed E-state index contributed by atoms with van der Waals surface area (Å²) in [5.41, 5.74) is 6.31. The Morgan fingerprint density at radius 2 is 1.52 bits per heavy atom. The minimum absolute atomic E-state index is 0.110. The number of nitrogens with two attached hydrogens (primary N) is 1. The van der Waals surface area contributed by atoms with Crippen molar-refractivity contribution in [1.29, 1.82) is 0 Å². The van der Waals surface area contributed by atoms with Crippen LogP contribution in [0, 0.1) is 0 Å². The van der Waals surface area contributed by atoms with Gasteiger partial charge < -0.3 is 25.4 Å². The fourth-order valence-electron chi connectivity index (χ4n) is 3.05. The molecule has 8 nitrogen and oxygen atoms in total. The molecule has 8 heteroatoms. The van der Waals surface area contributed by atoms with Gasteiger partial charge in [0, 0.05) is 27.1 Å². The molecular weight excluding hydrogens is 422 g/mol. The number of hydrogen-bond acceptors (Lipinski definition) is 5. The highest BCUT2D eigenvalue weighted by atomic mass is 16.6. The number of nitrogens with zero attached hydrogens (tertiary/aromatic N) is 1. The van der Waals surface area contributed by atoms with Gasteiger partial charge in [-0.2, -0.15) is 0 Å². The first-order chi connectivity index (χ1) is 15.4. The number of carbonyl (C=O) groups excluding carboxylic acids is 3. The van der Waals surface area contributed by atoms with Crippen LogP contribution in [0.25, 0.3) is 0 Å². The van der Waals surface area contributed by atoms with Gasteiger partial charge >= 0.3 is 6.09 Å². The van der Waals surface area contributed by atoms with Crippen LogP contribution in [-0.2, 0) is 20.7 Å². The van der Waals surface area contributed by atoms with Gasteiger partial charge in [0.2, 0.25) is 11.8 Å². The molecule has 0 spiro atoms. The SMILES string of the molecule is CN(C)C(=O)C(CNC(=O)OC(C)(C)C)c1ccc(Oc2ccc(CCC(N)=O)cc2)cc1. The summed E-state index contributed by atoms with van der Waals surface area (Å²) in [4.78, 5) is 37.2. The first-order valence-corrected chi connectivity index (χ1v) is 10.8. The number of rotatable bonds is 9. The number of nitrogens with one attached hydrogen (secondary N) is 1. The van der Waals surface area contributed by atoms with Gasteiger partial charge in [0.1, 0.15) is 17.1 Å². The highest BCUT2D eigenvalue weighted by Crippen LogP contribution is 2.25. The number of amides is 3. The quantitative estimate of drug-likeness (QED) is 0.600. The van der Waals surface area contributed by atoms with E-state index in [1.165, 1.54) is 4.90 Å². The van der Waals surface area contributed by atoms with Crippen LogP contribution < -0.4 is 15.8 Å². The maximum absolute atomic E-state index is 12.7. The lowest BCUT2D eigenvalue weighted by Crippen LogP contribution is -2.39. The summed E-state index contributed by atoms with van der Waals surface area (Å²) in [6.07, 6.45) is 0.318. The maximum atomic E-state index is 12.7. The molecule has 0 aliphatic rings. The molecule has 178 valence electrons. The number of carbonyl (C=O) groups is 3. The summed E-state index contributed by atoms with van der Waals surface area (Å²) in [7, 11) is 3.35. The zero-order chi connectivity index (χ0) is 24.6. The van der Waals surface area contributed by atoms with Crippen LogP contribution in [0.15, 0.2) is 48.5 Å². The Bertz CT molecular complexity index is 948. The number of primary amides is 1. The van der Waals surface area contributed by atoms with Gasteiger partial charge in [-0.05, 0) is 62.6 Å². The van der Waals surface area contributed by atoms with E-state index in [1.807, 2.05) is 24.3 Å². The molecule has 0 fully saturated rings. The number of benzene rings is 2. The molecule has 1 unspecified atom stereocenters. The molecule has 3 N–H and O–H groups in total. The average Bonchev–Trinajstić information content (AvgIpc) is 2.73. The standard InChI is InChI=1S/C25H33N3O5/c1-25(2,3)33-24(31)27-16-21(23(30)28(4)5)18-9-13-20(14-10-18)32-19-11-6-17(7-12-19)8-15-22(26)29/h6-7,9-14,21H,8,15-16H2,1-5H3,(H2,26,29)(H,27,31). The minimum Gasteiger partial charge on any atom is -0.457 e. The molecule has 0 heterocycles. The smallest absolute Gasteiger partial charge is 0.407 e. The Morgan fingerprint density at radius 1 is 0.970 bits per heavy atom. The van der Waals surface area contributed by atoms with Gasteiger partial charge in [-0.25, -0.2) is 4.79 Å². The molecular formula is C25H33N3O5. The van der Waals surface area contributed by atoms with E-state index in [1.54, 1.807) is 59.1 Å². The number of likely N-dealkylation sites (N-methyl/N-ethyl adjacent to an activating group) is 1. The van der Waals surface area contributed by atoms with Gasteiger partial charge in [0.15, 0.2) is 0 Å². The molecule has 2 aromatic rings. The molecule has 0 bridgehead atoms. The molecule has 0 saturated heterocycles. The number of alkyl carbamates (subject to hydrolysis) is 1. The zero-order valence-corrected chi connectivity index (χ0v) is 19.9. The second-order valence-corrected chi connectivity index (χ2v) is 8.95. The van der Waals surface area contributed by atoms with Gasteiger partial charge in [-0.3, -0.25) is 9.59 Å². The molecule has 0 aromatic heterocycles. The van der Waals surface area contributed by atoms with E-state index < -0.39 is 17.6 Å². The van der Waals surface area contributed by atoms with Gasteiger partial charge in [0.05, 0.1) is 5.92 Å². The summed E-state index contributed by atoms with van der Waals surface area (Å²) in [5, 5.41) is 2.68. The molecule has 0 radical (unpaired) electrons. The normalized spacial score (nSPS) is 11.9. The zero-order valence-electron chi connectivity index (χ0n) is 19.9. The van der Waals surface area contributed by atoms with E-state index in [9.17, 15) is 14.4 Å². The van der Waals surface area contributed by atoms with Crippen molar-refractivity contribution in [2.75, 3.05) is 20.6 Å². The predicted molar refractivity (Wildman–Crippen MR) is 126 cm³/mol. The highest BCUT2D eigenvalue weighted by molar-refractivity contribution is 5.84. The first kappa shape index (κ1) is 25.7. The van der Waals surface area contributed by atoms with Gasteiger partial charge in [0.25, 0.3) is 0 Å².